The highest BCUT2D eigenvalue weighted by Crippen LogP contribution is 2.28. The standard InChI is InChI=1S/C22H26N2O3/c25-21(26)14-11-19(15-17-7-3-1-4-8-17)23-22(27)24(20-12-13-20)16-18-9-5-2-6-10-18/h1-10,19-20H,11-16H2,(H,23,27)(H,25,26). The lowest BCUT2D eigenvalue weighted by Crippen LogP contribution is -2.46. The molecule has 2 amide bonds. The average Bonchev–Trinajstić information content (AvgIpc) is 3.51. The van der Waals surface area contributed by atoms with E-state index in [1.807, 2.05) is 65.6 Å². The molecule has 0 radical (unpaired) electrons. The van der Waals surface area contributed by atoms with Gasteiger partial charge in [-0.15, -0.1) is 0 Å². The maximum Gasteiger partial charge on any atom is 0.318 e. The minimum absolute atomic E-state index is 0.0416. The molecule has 0 saturated heterocycles. The van der Waals surface area contributed by atoms with Crippen molar-refractivity contribution in [1.29, 1.82) is 0 Å². The number of amides is 2. The first kappa shape index (κ1) is 19.0. The second-order valence-corrected chi connectivity index (χ2v) is 7.11. The van der Waals surface area contributed by atoms with Crippen LogP contribution < -0.4 is 5.32 Å². The Morgan fingerprint density at radius 2 is 1.59 bits per heavy atom. The van der Waals surface area contributed by atoms with Gasteiger partial charge in [0.15, 0.2) is 0 Å². The van der Waals surface area contributed by atoms with Crippen LogP contribution in [0.4, 0.5) is 4.79 Å². The SMILES string of the molecule is O=C(O)CCC(Cc1ccccc1)NC(=O)N(Cc1ccccc1)C1CC1. The molecule has 142 valence electrons. The number of nitrogens with zero attached hydrogens (tertiary/aromatic N) is 1. The Hall–Kier alpha value is -2.82. The summed E-state index contributed by atoms with van der Waals surface area (Å²) in [5.74, 6) is -0.842. The summed E-state index contributed by atoms with van der Waals surface area (Å²) in [6.07, 6.45) is 3.14. The second-order valence-electron chi connectivity index (χ2n) is 7.11. The van der Waals surface area contributed by atoms with Gasteiger partial charge in [0.25, 0.3) is 0 Å². The topological polar surface area (TPSA) is 69.6 Å². The summed E-state index contributed by atoms with van der Waals surface area (Å²) < 4.78 is 0. The zero-order chi connectivity index (χ0) is 19.1. The Morgan fingerprint density at radius 3 is 2.15 bits per heavy atom. The van der Waals surface area contributed by atoms with Crippen LogP contribution in [0.15, 0.2) is 60.7 Å². The molecule has 0 bridgehead atoms. The molecule has 1 atom stereocenters. The van der Waals surface area contributed by atoms with Gasteiger partial charge in [-0.25, -0.2) is 4.79 Å². The molecular weight excluding hydrogens is 340 g/mol. The molecule has 5 heteroatoms. The Morgan fingerprint density at radius 1 is 1.00 bits per heavy atom. The van der Waals surface area contributed by atoms with Crippen molar-refractivity contribution < 1.29 is 14.7 Å². The molecule has 1 fully saturated rings. The predicted molar refractivity (Wildman–Crippen MR) is 104 cm³/mol. The molecule has 3 rings (SSSR count). The maximum absolute atomic E-state index is 12.9. The number of carboxylic acids is 1. The van der Waals surface area contributed by atoms with Crippen molar-refractivity contribution >= 4 is 12.0 Å². The first-order valence-corrected chi connectivity index (χ1v) is 9.48. The van der Waals surface area contributed by atoms with Crippen molar-refractivity contribution in [2.75, 3.05) is 0 Å². The van der Waals surface area contributed by atoms with Gasteiger partial charge in [0.05, 0.1) is 0 Å². The highest BCUT2D eigenvalue weighted by molar-refractivity contribution is 5.75. The molecule has 0 aromatic heterocycles. The van der Waals surface area contributed by atoms with Gasteiger partial charge in [0, 0.05) is 25.0 Å². The highest BCUT2D eigenvalue weighted by Gasteiger charge is 2.33. The Labute approximate surface area is 160 Å². The Kier molecular flexibility index (Phi) is 6.47. The normalized spacial score (nSPS) is 14.4. The van der Waals surface area contributed by atoms with Crippen LogP contribution in [0.2, 0.25) is 0 Å². The molecule has 0 spiro atoms. The summed E-state index contributed by atoms with van der Waals surface area (Å²) in [5.41, 5.74) is 2.19. The van der Waals surface area contributed by atoms with Crippen LogP contribution in [-0.4, -0.2) is 34.1 Å². The van der Waals surface area contributed by atoms with E-state index in [-0.39, 0.29) is 24.5 Å². The largest absolute Gasteiger partial charge is 0.481 e. The number of hydrogen-bond donors (Lipinski definition) is 2. The summed E-state index contributed by atoms with van der Waals surface area (Å²) in [4.78, 5) is 25.8. The van der Waals surface area contributed by atoms with Crippen molar-refractivity contribution in [2.24, 2.45) is 0 Å². The first-order valence-electron chi connectivity index (χ1n) is 9.48. The second kappa shape index (κ2) is 9.21. The lowest BCUT2D eigenvalue weighted by molar-refractivity contribution is -0.137. The van der Waals surface area contributed by atoms with Crippen LogP contribution in [0.3, 0.4) is 0 Å². The molecule has 2 aromatic carbocycles. The van der Waals surface area contributed by atoms with E-state index in [4.69, 9.17) is 5.11 Å². The van der Waals surface area contributed by atoms with E-state index in [1.54, 1.807) is 0 Å². The number of urea groups is 1. The van der Waals surface area contributed by atoms with Crippen molar-refractivity contribution in [2.45, 2.75) is 50.7 Å². The maximum atomic E-state index is 12.9. The quantitative estimate of drug-likeness (QED) is 0.708. The predicted octanol–water partition coefficient (Wildman–Crippen LogP) is 3.84. The highest BCUT2D eigenvalue weighted by atomic mass is 16.4. The number of carbonyl (C=O) groups is 2. The minimum atomic E-state index is -0.842. The third-order valence-electron chi connectivity index (χ3n) is 4.80. The number of benzene rings is 2. The van der Waals surface area contributed by atoms with Crippen LogP contribution in [0.5, 0.6) is 0 Å². The van der Waals surface area contributed by atoms with E-state index in [1.165, 1.54) is 0 Å². The van der Waals surface area contributed by atoms with Gasteiger partial charge < -0.3 is 15.3 Å². The van der Waals surface area contributed by atoms with Gasteiger partial charge in [-0.05, 0) is 36.8 Å². The van der Waals surface area contributed by atoms with E-state index < -0.39 is 5.97 Å². The van der Waals surface area contributed by atoms with E-state index in [0.29, 0.717) is 19.4 Å². The van der Waals surface area contributed by atoms with Crippen LogP contribution in [0.1, 0.15) is 36.8 Å². The van der Waals surface area contributed by atoms with E-state index in [0.717, 1.165) is 24.0 Å². The monoisotopic (exact) mass is 366 g/mol. The van der Waals surface area contributed by atoms with Gasteiger partial charge >= 0.3 is 12.0 Å². The smallest absolute Gasteiger partial charge is 0.318 e. The zero-order valence-corrected chi connectivity index (χ0v) is 15.4. The van der Waals surface area contributed by atoms with Crippen molar-refractivity contribution in [3.63, 3.8) is 0 Å². The Bertz CT molecular complexity index is 745. The first-order chi connectivity index (χ1) is 13.1. The van der Waals surface area contributed by atoms with E-state index >= 15 is 0 Å². The summed E-state index contributed by atoms with van der Waals surface area (Å²) in [6.45, 7) is 0.578. The minimum Gasteiger partial charge on any atom is -0.481 e. The van der Waals surface area contributed by atoms with Crippen LogP contribution in [0, 0.1) is 0 Å². The molecule has 0 aliphatic heterocycles. The number of rotatable bonds is 9. The number of aliphatic carboxylic acids is 1. The van der Waals surface area contributed by atoms with Crippen LogP contribution in [-0.2, 0) is 17.8 Å². The molecule has 1 saturated carbocycles. The van der Waals surface area contributed by atoms with Crippen LogP contribution in [0.25, 0.3) is 0 Å². The molecule has 1 unspecified atom stereocenters. The van der Waals surface area contributed by atoms with E-state index in [2.05, 4.69) is 5.32 Å². The van der Waals surface area contributed by atoms with Crippen molar-refractivity contribution in [1.82, 2.24) is 10.2 Å². The summed E-state index contributed by atoms with van der Waals surface area (Å²) in [6, 6.07) is 19.8. The molecule has 5 nitrogen and oxygen atoms in total. The molecule has 2 N–H and O–H groups in total. The van der Waals surface area contributed by atoms with Gasteiger partial charge in [-0.1, -0.05) is 60.7 Å². The molecular formula is C22H26N2O3. The Balaban J connectivity index is 1.66. The van der Waals surface area contributed by atoms with Gasteiger partial charge in [0.2, 0.25) is 0 Å². The molecule has 27 heavy (non-hydrogen) atoms. The zero-order valence-electron chi connectivity index (χ0n) is 15.4. The van der Waals surface area contributed by atoms with E-state index in [9.17, 15) is 9.59 Å². The fourth-order valence-corrected chi connectivity index (χ4v) is 3.21. The van der Waals surface area contributed by atoms with Crippen molar-refractivity contribution in [3.05, 3.63) is 71.8 Å². The summed E-state index contributed by atoms with van der Waals surface area (Å²) >= 11 is 0. The lowest BCUT2D eigenvalue weighted by atomic mass is 10.0. The van der Waals surface area contributed by atoms with Gasteiger partial charge in [-0.2, -0.15) is 0 Å². The van der Waals surface area contributed by atoms with Gasteiger partial charge in [0.1, 0.15) is 0 Å². The fourth-order valence-electron chi connectivity index (χ4n) is 3.21. The number of hydrogen-bond acceptors (Lipinski definition) is 2. The van der Waals surface area contributed by atoms with Crippen molar-refractivity contribution in [3.8, 4) is 0 Å². The van der Waals surface area contributed by atoms with Crippen LogP contribution >= 0.6 is 0 Å². The third kappa shape index (κ3) is 6.13. The number of carboxylic acid groups (broad SMARTS) is 1. The average molecular weight is 366 g/mol. The molecule has 0 heterocycles. The molecule has 2 aromatic rings. The summed E-state index contributed by atoms with van der Waals surface area (Å²) in [7, 11) is 0. The summed E-state index contributed by atoms with van der Waals surface area (Å²) in [5, 5.41) is 12.1. The third-order valence-corrected chi connectivity index (χ3v) is 4.80. The van der Waals surface area contributed by atoms with Gasteiger partial charge in [-0.3, -0.25) is 4.79 Å². The number of nitrogens with one attached hydrogen (secondary N) is 1. The number of carbonyl (C=O) groups excluding carboxylic acids is 1. The lowest BCUT2D eigenvalue weighted by Gasteiger charge is -2.27. The molecule has 1 aliphatic rings. The molecule has 1 aliphatic carbocycles. The fraction of sp³-hybridized carbons (Fsp3) is 0.364.